The zero-order chi connectivity index (χ0) is 11.4. The molecule has 0 radical (unpaired) electrons. The van der Waals surface area contributed by atoms with Crippen LogP contribution in [-0.4, -0.2) is 48.8 Å². The molecule has 0 aromatic carbocycles. The summed E-state index contributed by atoms with van der Waals surface area (Å²) in [5.74, 6) is -0.595. The molecule has 0 aliphatic heterocycles. The SMILES string of the molecule is CCOC(=O)[C@@H]1CCC[C@@H](N(C)C)[C@H]1O. The predicted octanol–water partition coefficient (Wildman–Crippen LogP) is 0.641. The van der Waals surface area contributed by atoms with Crippen LogP contribution in [0.3, 0.4) is 0 Å². The van der Waals surface area contributed by atoms with Gasteiger partial charge in [0.05, 0.1) is 18.6 Å². The first-order valence-corrected chi connectivity index (χ1v) is 5.59. The quantitative estimate of drug-likeness (QED) is 0.702. The van der Waals surface area contributed by atoms with Gasteiger partial charge in [0, 0.05) is 6.04 Å². The number of rotatable bonds is 3. The van der Waals surface area contributed by atoms with Crippen molar-refractivity contribution in [3.05, 3.63) is 0 Å². The second kappa shape index (κ2) is 5.47. The van der Waals surface area contributed by atoms with Crippen molar-refractivity contribution in [2.45, 2.75) is 38.3 Å². The van der Waals surface area contributed by atoms with Crippen LogP contribution in [0.25, 0.3) is 0 Å². The normalized spacial score (nSPS) is 31.7. The van der Waals surface area contributed by atoms with Crippen LogP contribution in [0, 0.1) is 5.92 Å². The van der Waals surface area contributed by atoms with Gasteiger partial charge in [-0.05, 0) is 33.9 Å². The zero-order valence-electron chi connectivity index (χ0n) is 9.77. The molecule has 1 fully saturated rings. The number of nitrogens with zero attached hydrogens (tertiary/aromatic N) is 1. The Morgan fingerprint density at radius 2 is 2.13 bits per heavy atom. The van der Waals surface area contributed by atoms with Crippen molar-refractivity contribution in [3.63, 3.8) is 0 Å². The minimum Gasteiger partial charge on any atom is -0.466 e. The molecule has 0 amide bonds. The number of carbonyl (C=O) groups is 1. The van der Waals surface area contributed by atoms with Gasteiger partial charge < -0.3 is 14.7 Å². The zero-order valence-corrected chi connectivity index (χ0v) is 9.77. The van der Waals surface area contributed by atoms with Crippen molar-refractivity contribution in [1.29, 1.82) is 0 Å². The van der Waals surface area contributed by atoms with Gasteiger partial charge >= 0.3 is 5.97 Å². The van der Waals surface area contributed by atoms with Gasteiger partial charge in [0.25, 0.3) is 0 Å². The van der Waals surface area contributed by atoms with Crippen LogP contribution >= 0.6 is 0 Å². The highest BCUT2D eigenvalue weighted by atomic mass is 16.5. The second-order valence-corrected chi connectivity index (χ2v) is 4.31. The lowest BCUT2D eigenvalue weighted by Crippen LogP contribution is -2.48. The molecule has 4 heteroatoms. The van der Waals surface area contributed by atoms with Gasteiger partial charge in [-0.2, -0.15) is 0 Å². The fourth-order valence-corrected chi connectivity index (χ4v) is 2.23. The van der Waals surface area contributed by atoms with Crippen LogP contribution in [0.2, 0.25) is 0 Å². The Kier molecular flexibility index (Phi) is 4.54. The number of hydrogen-bond donors (Lipinski definition) is 1. The van der Waals surface area contributed by atoms with Crippen LogP contribution in [-0.2, 0) is 9.53 Å². The topological polar surface area (TPSA) is 49.8 Å². The van der Waals surface area contributed by atoms with E-state index in [0.717, 1.165) is 19.3 Å². The Labute approximate surface area is 91.2 Å². The summed E-state index contributed by atoms with van der Waals surface area (Å²) in [5.41, 5.74) is 0. The summed E-state index contributed by atoms with van der Waals surface area (Å²) in [6.07, 6.45) is 2.07. The molecule has 0 saturated heterocycles. The van der Waals surface area contributed by atoms with Gasteiger partial charge in [0.1, 0.15) is 0 Å². The molecular formula is C11H21NO3. The third kappa shape index (κ3) is 2.92. The first-order valence-electron chi connectivity index (χ1n) is 5.59. The summed E-state index contributed by atoms with van der Waals surface area (Å²) in [6.45, 7) is 2.17. The first kappa shape index (κ1) is 12.5. The highest BCUT2D eigenvalue weighted by molar-refractivity contribution is 5.73. The number of esters is 1. The summed E-state index contributed by atoms with van der Waals surface area (Å²) in [4.78, 5) is 13.6. The van der Waals surface area contributed by atoms with E-state index in [1.165, 1.54) is 0 Å². The molecule has 1 saturated carbocycles. The molecule has 88 valence electrons. The highest BCUT2D eigenvalue weighted by Gasteiger charge is 2.37. The van der Waals surface area contributed by atoms with Gasteiger partial charge in [-0.1, -0.05) is 6.42 Å². The van der Waals surface area contributed by atoms with E-state index in [1.807, 2.05) is 19.0 Å². The summed E-state index contributed by atoms with van der Waals surface area (Å²) < 4.78 is 4.96. The first-order chi connectivity index (χ1) is 7.07. The van der Waals surface area contributed by atoms with Crippen LogP contribution in [0.4, 0.5) is 0 Å². The standard InChI is InChI=1S/C11H21NO3/c1-4-15-11(14)8-6-5-7-9(10(8)13)12(2)3/h8-10,13H,4-7H2,1-3H3/t8-,9-,10+/m1/s1. The third-order valence-electron chi connectivity index (χ3n) is 3.07. The van der Waals surface area contributed by atoms with Crippen molar-refractivity contribution in [1.82, 2.24) is 4.90 Å². The lowest BCUT2D eigenvalue weighted by Gasteiger charge is -2.37. The number of aliphatic hydroxyl groups excluding tert-OH is 1. The van der Waals surface area contributed by atoms with Crippen LogP contribution in [0.1, 0.15) is 26.2 Å². The summed E-state index contributed by atoms with van der Waals surface area (Å²) in [6, 6.07) is 0.0770. The number of likely N-dealkylation sites (N-methyl/N-ethyl adjacent to an activating group) is 1. The minimum atomic E-state index is -0.590. The maximum Gasteiger partial charge on any atom is 0.311 e. The fraction of sp³-hybridized carbons (Fsp3) is 0.909. The molecule has 1 rings (SSSR count). The molecule has 3 atom stereocenters. The maximum atomic E-state index is 11.6. The summed E-state index contributed by atoms with van der Waals surface area (Å²) in [7, 11) is 3.86. The Balaban J connectivity index is 2.61. The van der Waals surface area contributed by atoms with Crippen molar-refractivity contribution in [2.75, 3.05) is 20.7 Å². The largest absolute Gasteiger partial charge is 0.466 e. The summed E-state index contributed by atoms with van der Waals surface area (Å²) in [5, 5.41) is 10.1. The predicted molar refractivity (Wildman–Crippen MR) is 57.5 cm³/mol. The lowest BCUT2D eigenvalue weighted by molar-refractivity contribution is -0.156. The molecule has 4 nitrogen and oxygen atoms in total. The minimum absolute atomic E-state index is 0.0770. The molecule has 0 bridgehead atoms. The van der Waals surface area contributed by atoms with E-state index < -0.39 is 6.10 Å². The number of aliphatic hydroxyl groups is 1. The smallest absolute Gasteiger partial charge is 0.311 e. The van der Waals surface area contributed by atoms with Crippen LogP contribution in [0.15, 0.2) is 0 Å². The van der Waals surface area contributed by atoms with Crippen molar-refractivity contribution in [3.8, 4) is 0 Å². The van der Waals surface area contributed by atoms with E-state index in [0.29, 0.717) is 6.61 Å². The van der Waals surface area contributed by atoms with Crippen molar-refractivity contribution >= 4 is 5.97 Å². The van der Waals surface area contributed by atoms with Crippen molar-refractivity contribution in [2.24, 2.45) is 5.92 Å². The van der Waals surface area contributed by atoms with Gasteiger partial charge in [-0.15, -0.1) is 0 Å². The number of hydrogen-bond acceptors (Lipinski definition) is 4. The molecule has 15 heavy (non-hydrogen) atoms. The van der Waals surface area contributed by atoms with Gasteiger partial charge in [-0.25, -0.2) is 0 Å². The summed E-state index contributed by atoms with van der Waals surface area (Å²) >= 11 is 0. The van der Waals surface area contributed by atoms with E-state index in [2.05, 4.69) is 0 Å². The van der Waals surface area contributed by atoms with E-state index in [-0.39, 0.29) is 17.9 Å². The second-order valence-electron chi connectivity index (χ2n) is 4.31. The molecule has 0 aromatic rings. The van der Waals surface area contributed by atoms with Gasteiger partial charge in [-0.3, -0.25) is 4.79 Å². The Morgan fingerprint density at radius 1 is 1.47 bits per heavy atom. The van der Waals surface area contributed by atoms with Crippen molar-refractivity contribution < 1.29 is 14.6 Å². The lowest BCUT2D eigenvalue weighted by atomic mass is 9.82. The average Bonchev–Trinajstić information content (AvgIpc) is 2.17. The highest BCUT2D eigenvalue weighted by Crippen LogP contribution is 2.28. The van der Waals surface area contributed by atoms with Gasteiger partial charge in [0.15, 0.2) is 0 Å². The fourth-order valence-electron chi connectivity index (χ4n) is 2.23. The van der Waals surface area contributed by atoms with E-state index in [1.54, 1.807) is 6.92 Å². The van der Waals surface area contributed by atoms with Gasteiger partial charge in [0.2, 0.25) is 0 Å². The maximum absolute atomic E-state index is 11.6. The van der Waals surface area contributed by atoms with E-state index in [4.69, 9.17) is 4.74 Å². The Bertz CT molecular complexity index is 218. The molecule has 1 aliphatic carbocycles. The van der Waals surface area contributed by atoms with Crippen LogP contribution < -0.4 is 0 Å². The molecule has 1 aliphatic rings. The number of ether oxygens (including phenoxy) is 1. The Hall–Kier alpha value is -0.610. The van der Waals surface area contributed by atoms with E-state index in [9.17, 15) is 9.90 Å². The molecule has 0 aromatic heterocycles. The monoisotopic (exact) mass is 215 g/mol. The average molecular weight is 215 g/mol. The molecule has 0 unspecified atom stereocenters. The molecule has 1 N–H and O–H groups in total. The van der Waals surface area contributed by atoms with E-state index >= 15 is 0 Å². The van der Waals surface area contributed by atoms with Crippen LogP contribution in [0.5, 0.6) is 0 Å². The third-order valence-corrected chi connectivity index (χ3v) is 3.07. The molecular weight excluding hydrogens is 194 g/mol. The molecule has 0 spiro atoms. The number of carbonyl (C=O) groups excluding carboxylic acids is 1. The Morgan fingerprint density at radius 3 is 2.67 bits per heavy atom. The molecule has 0 heterocycles.